The van der Waals surface area contributed by atoms with E-state index >= 15 is 0 Å². The Labute approximate surface area is 242 Å². The van der Waals surface area contributed by atoms with Crippen LogP contribution in [0.25, 0.3) is 0 Å². The molecule has 0 aromatic heterocycles. The van der Waals surface area contributed by atoms with E-state index in [0.717, 1.165) is 33.4 Å². The van der Waals surface area contributed by atoms with E-state index in [1.165, 1.54) is 28.4 Å². The average Bonchev–Trinajstić information content (AvgIpc) is 3.42. The van der Waals surface area contributed by atoms with Crippen molar-refractivity contribution >= 4 is 63.4 Å². The first kappa shape index (κ1) is 27.5. The number of nitrogens with two attached hydrogens (primary N) is 1. The number of aliphatic imine (C=N–C) groups is 1. The predicted molar refractivity (Wildman–Crippen MR) is 164 cm³/mol. The number of thioether (sulfide) groups is 2. The monoisotopic (exact) mass is 574 g/mol. The lowest BCUT2D eigenvalue weighted by molar-refractivity contribution is -0.122. The summed E-state index contributed by atoms with van der Waals surface area (Å²) in [5.41, 5.74) is 10.1. The van der Waals surface area contributed by atoms with Crippen molar-refractivity contribution in [3.05, 3.63) is 82.2 Å². The maximum absolute atomic E-state index is 14.0. The Morgan fingerprint density at radius 2 is 1.85 bits per heavy atom. The Bertz CT molecular complexity index is 1520. The Kier molecular flexibility index (Phi) is 7.95. The zero-order chi connectivity index (χ0) is 28.4. The average molecular weight is 575 g/mol. The normalized spacial score (nSPS) is 17.4. The number of carbonyl (C=O) groups is 2. The third-order valence-corrected chi connectivity index (χ3v) is 8.65. The van der Waals surface area contributed by atoms with Crippen LogP contribution >= 0.6 is 23.5 Å². The van der Waals surface area contributed by atoms with Crippen molar-refractivity contribution in [3.63, 3.8) is 0 Å². The van der Waals surface area contributed by atoms with Gasteiger partial charge in [0, 0.05) is 44.3 Å². The number of carbonyl (C=O) groups excluding carboxylic acids is 2. The maximum Gasteiger partial charge on any atom is 0.414 e. The van der Waals surface area contributed by atoms with Crippen molar-refractivity contribution in [1.82, 2.24) is 9.80 Å². The van der Waals surface area contributed by atoms with Crippen LogP contribution in [0.15, 0.2) is 86.6 Å². The highest BCUT2D eigenvalue weighted by Crippen LogP contribution is 2.51. The fraction of sp³-hybridized carbons (Fsp3) is 0.207. The Morgan fingerprint density at radius 1 is 1.07 bits per heavy atom. The van der Waals surface area contributed by atoms with E-state index in [-0.39, 0.29) is 5.91 Å². The van der Waals surface area contributed by atoms with Crippen LogP contribution in [0.5, 0.6) is 5.75 Å². The molecule has 2 heterocycles. The molecule has 0 saturated carbocycles. The van der Waals surface area contributed by atoms with E-state index in [0.29, 0.717) is 33.7 Å². The number of benzene rings is 3. The molecule has 3 aromatic rings. The number of amidine groups is 1. The fourth-order valence-corrected chi connectivity index (χ4v) is 6.51. The van der Waals surface area contributed by atoms with Crippen LogP contribution in [0.2, 0.25) is 0 Å². The minimum absolute atomic E-state index is 0.122. The second-order valence-corrected chi connectivity index (χ2v) is 11.4. The van der Waals surface area contributed by atoms with Gasteiger partial charge < -0.3 is 25.6 Å². The van der Waals surface area contributed by atoms with Gasteiger partial charge in [0.05, 0.1) is 28.6 Å². The summed E-state index contributed by atoms with van der Waals surface area (Å²) in [4.78, 5) is 37.6. The molecule has 1 fully saturated rings. The molecule has 3 N–H and O–H groups in total. The fourth-order valence-electron chi connectivity index (χ4n) is 4.19. The van der Waals surface area contributed by atoms with E-state index in [9.17, 15) is 9.59 Å². The van der Waals surface area contributed by atoms with Crippen molar-refractivity contribution in [3.8, 4) is 5.75 Å². The standard InChI is InChI=1S/C29H30N6O3S2/c1-5-31-21-13-11-19(30)15-22(21)32-28-35(17-18-9-7-6-8-10-18)26(36)25(40-28)27-34(4)23-16-20(12-14-24(23)39-27)38-29(37)33(2)3/h6-16,31H,5,17,30H2,1-4H3/b27-25-,32-28?. The molecular weight excluding hydrogens is 544 g/mol. The number of hydrogen-bond donors (Lipinski definition) is 2. The summed E-state index contributed by atoms with van der Waals surface area (Å²) in [6.07, 6.45) is -0.454. The summed E-state index contributed by atoms with van der Waals surface area (Å²) in [6, 6.07) is 20.9. The second kappa shape index (κ2) is 11.6. The van der Waals surface area contributed by atoms with Crippen LogP contribution < -0.4 is 20.7 Å². The van der Waals surface area contributed by atoms with Crippen molar-refractivity contribution in [2.24, 2.45) is 4.99 Å². The minimum Gasteiger partial charge on any atom is -0.410 e. The number of nitrogens with zero attached hydrogens (tertiary/aromatic N) is 4. The van der Waals surface area contributed by atoms with Gasteiger partial charge >= 0.3 is 6.09 Å². The van der Waals surface area contributed by atoms with E-state index in [4.69, 9.17) is 15.5 Å². The van der Waals surface area contributed by atoms with Gasteiger partial charge in [0.25, 0.3) is 5.91 Å². The minimum atomic E-state index is -0.454. The number of hydrogen-bond acceptors (Lipinski definition) is 9. The van der Waals surface area contributed by atoms with Gasteiger partial charge in [0.1, 0.15) is 10.7 Å². The van der Waals surface area contributed by atoms with Crippen LogP contribution in [0, 0.1) is 0 Å². The quantitative estimate of drug-likeness (QED) is 0.276. The zero-order valence-corrected chi connectivity index (χ0v) is 24.3. The van der Waals surface area contributed by atoms with Gasteiger partial charge in [-0.3, -0.25) is 9.69 Å². The van der Waals surface area contributed by atoms with Gasteiger partial charge in [0.2, 0.25) is 0 Å². The van der Waals surface area contributed by atoms with Crippen molar-refractivity contribution in [2.75, 3.05) is 43.6 Å². The Balaban J connectivity index is 1.53. The van der Waals surface area contributed by atoms with E-state index < -0.39 is 6.09 Å². The zero-order valence-electron chi connectivity index (χ0n) is 22.7. The third-order valence-electron chi connectivity index (χ3n) is 6.22. The summed E-state index contributed by atoms with van der Waals surface area (Å²) in [7, 11) is 5.17. The highest BCUT2D eigenvalue weighted by atomic mass is 32.2. The van der Waals surface area contributed by atoms with Gasteiger partial charge in [-0.05, 0) is 54.6 Å². The molecule has 0 unspecified atom stereocenters. The molecule has 5 rings (SSSR count). The number of ether oxygens (including phenoxy) is 1. The first-order valence-electron chi connectivity index (χ1n) is 12.7. The number of nitrogen functional groups attached to an aromatic ring is 1. The molecule has 2 aliphatic heterocycles. The van der Waals surface area contributed by atoms with Gasteiger partial charge in [-0.1, -0.05) is 42.1 Å². The third kappa shape index (κ3) is 5.61. The summed E-state index contributed by atoms with van der Waals surface area (Å²) in [5.74, 6) is 0.315. The second-order valence-electron chi connectivity index (χ2n) is 9.37. The number of fused-ring (bicyclic) bond motifs is 1. The van der Waals surface area contributed by atoms with Gasteiger partial charge in [0.15, 0.2) is 5.17 Å². The van der Waals surface area contributed by atoms with Crippen LogP contribution in [0.1, 0.15) is 12.5 Å². The first-order chi connectivity index (χ1) is 19.2. The molecule has 2 amide bonds. The molecule has 40 heavy (non-hydrogen) atoms. The molecule has 3 aromatic carbocycles. The van der Waals surface area contributed by atoms with Gasteiger partial charge in [-0.2, -0.15) is 0 Å². The van der Waals surface area contributed by atoms with Gasteiger partial charge in [-0.15, -0.1) is 0 Å². The number of rotatable bonds is 6. The lowest BCUT2D eigenvalue weighted by Crippen LogP contribution is -2.29. The molecule has 9 nitrogen and oxygen atoms in total. The van der Waals surface area contributed by atoms with Crippen LogP contribution in [0.3, 0.4) is 0 Å². The van der Waals surface area contributed by atoms with Crippen molar-refractivity contribution in [2.45, 2.75) is 18.4 Å². The Morgan fingerprint density at radius 3 is 2.58 bits per heavy atom. The number of amides is 2. The summed E-state index contributed by atoms with van der Waals surface area (Å²) in [6.45, 7) is 3.12. The highest BCUT2D eigenvalue weighted by molar-refractivity contribution is 8.19. The van der Waals surface area contributed by atoms with E-state index in [1.54, 1.807) is 25.1 Å². The van der Waals surface area contributed by atoms with Gasteiger partial charge in [-0.25, -0.2) is 9.79 Å². The number of nitrogens with one attached hydrogen (secondary N) is 1. The molecule has 1 saturated heterocycles. The highest BCUT2D eigenvalue weighted by Gasteiger charge is 2.39. The van der Waals surface area contributed by atoms with E-state index in [1.807, 2.05) is 79.5 Å². The molecule has 0 aliphatic carbocycles. The Hall–Kier alpha value is -4.09. The topological polar surface area (TPSA) is 103 Å². The lowest BCUT2D eigenvalue weighted by atomic mass is 10.2. The molecule has 0 radical (unpaired) electrons. The lowest BCUT2D eigenvalue weighted by Gasteiger charge is -2.17. The summed E-state index contributed by atoms with van der Waals surface area (Å²) >= 11 is 2.86. The smallest absolute Gasteiger partial charge is 0.410 e. The SMILES string of the molecule is CCNc1ccc(N)cc1N=C1S/C(=C2\Sc3ccc(OC(=O)N(C)C)cc3N2C)C(=O)N1Cc1ccccc1. The molecule has 0 bridgehead atoms. The molecule has 11 heteroatoms. The molecule has 0 atom stereocenters. The largest absolute Gasteiger partial charge is 0.414 e. The van der Waals surface area contributed by atoms with Crippen LogP contribution in [-0.2, 0) is 11.3 Å². The van der Waals surface area contributed by atoms with Crippen molar-refractivity contribution in [1.29, 1.82) is 0 Å². The first-order valence-corrected chi connectivity index (χ1v) is 14.3. The molecule has 0 spiro atoms. The molecule has 206 valence electrons. The summed E-state index contributed by atoms with van der Waals surface area (Å²) < 4.78 is 5.46. The van der Waals surface area contributed by atoms with Crippen molar-refractivity contribution < 1.29 is 14.3 Å². The van der Waals surface area contributed by atoms with Crippen LogP contribution in [-0.4, -0.2) is 54.7 Å². The molecular formula is C29H30N6O3S2. The number of anilines is 3. The molecule has 2 aliphatic rings. The predicted octanol–water partition coefficient (Wildman–Crippen LogP) is 5.94. The van der Waals surface area contributed by atoms with Crippen LogP contribution in [0.4, 0.5) is 27.5 Å². The van der Waals surface area contributed by atoms with E-state index in [2.05, 4.69) is 5.32 Å². The maximum atomic E-state index is 14.0. The summed E-state index contributed by atoms with van der Waals surface area (Å²) in [5, 5.41) is 4.70.